The monoisotopic (exact) mass is 250 g/mol. The minimum atomic E-state index is 0.517. The van der Waals surface area contributed by atoms with E-state index in [0.29, 0.717) is 22.8 Å². The van der Waals surface area contributed by atoms with Gasteiger partial charge in [0, 0.05) is 6.04 Å². The Kier molecular flexibility index (Phi) is 3.02. The van der Waals surface area contributed by atoms with E-state index in [4.69, 9.17) is 5.84 Å². The molecule has 0 spiro atoms. The van der Waals surface area contributed by atoms with Gasteiger partial charge in [-0.3, -0.25) is 11.3 Å². The van der Waals surface area contributed by atoms with Crippen LogP contribution in [0.3, 0.4) is 0 Å². The second-order valence-corrected chi connectivity index (χ2v) is 8.16. The van der Waals surface area contributed by atoms with Gasteiger partial charge in [0.05, 0.1) is 0 Å². The van der Waals surface area contributed by atoms with Crippen molar-refractivity contribution in [3.05, 3.63) is 0 Å². The minimum Gasteiger partial charge on any atom is -0.271 e. The number of hydrazine groups is 1. The number of nitrogens with two attached hydrogens (primary N) is 1. The van der Waals surface area contributed by atoms with Gasteiger partial charge in [0.15, 0.2) is 0 Å². The summed E-state index contributed by atoms with van der Waals surface area (Å²) in [4.78, 5) is 0. The van der Waals surface area contributed by atoms with Gasteiger partial charge >= 0.3 is 0 Å². The summed E-state index contributed by atoms with van der Waals surface area (Å²) in [6.07, 6.45) is 10.0. The van der Waals surface area contributed by atoms with Crippen LogP contribution < -0.4 is 11.3 Å². The van der Waals surface area contributed by atoms with Crippen molar-refractivity contribution >= 4 is 0 Å². The summed E-state index contributed by atoms with van der Waals surface area (Å²) in [6, 6.07) is 0.535. The van der Waals surface area contributed by atoms with E-state index in [1.165, 1.54) is 44.9 Å². The third-order valence-electron chi connectivity index (χ3n) is 6.45. The highest BCUT2D eigenvalue weighted by molar-refractivity contribution is 5.10. The van der Waals surface area contributed by atoms with Crippen LogP contribution in [0.2, 0.25) is 0 Å². The number of nitrogens with one attached hydrogen (secondary N) is 1. The topological polar surface area (TPSA) is 38.0 Å². The van der Waals surface area contributed by atoms with E-state index in [-0.39, 0.29) is 0 Å². The molecule has 0 saturated heterocycles. The molecule has 4 fully saturated rings. The molecule has 4 unspecified atom stereocenters. The lowest BCUT2D eigenvalue weighted by Gasteiger charge is -2.64. The lowest BCUT2D eigenvalue weighted by Crippen LogP contribution is -2.61. The van der Waals surface area contributed by atoms with Gasteiger partial charge < -0.3 is 0 Å². The molecule has 4 aliphatic rings. The van der Waals surface area contributed by atoms with Crippen LogP contribution in [0.15, 0.2) is 0 Å². The molecule has 4 atom stereocenters. The second-order valence-electron chi connectivity index (χ2n) is 8.16. The first-order valence-corrected chi connectivity index (χ1v) is 7.96. The molecule has 0 heterocycles. The van der Waals surface area contributed by atoms with E-state index in [1.54, 1.807) is 0 Å². The zero-order valence-electron chi connectivity index (χ0n) is 12.3. The van der Waals surface area contributed by atoms with Crippen molar-refractivity contribution in [2.75, 3.05) is 0 Å². The quantitative estimate of drug-likeness (QED) is 0.592. The molecule has 0 amide bonds. The summed E-state index contributed by atoms with van der Waals surface area (Å²) in [6.45, 7) is 7.23. The molecule has 0 radical (unpaired) electrons. The van der Waals surface area contributed by atoms with E-state index >= 15 is 0 Å². The van der Waals surface area contributed by atoms with E-state index in [0.717, 1.165) is 11.8 Å². The fraction of sp³-hybridized carbons (Fsp3) is 1.00. The van der Waals surface area contributed by atoms with Crippen molar-refractivity contribution in [2.24, 2.45) is 34.4 Å². The Bertz CT molecular complexity index is 311. The Morgan fingerprint density at radius 1 is 1.22 bits per heavy atom. The first-order chi connectivity index (χ1) is 8.50. The molecular formula is C16H30N2. The van der Waals surface area contributed by atoms with Crippen LogP contribution in [-0.4, -0.2) is 6.04 Å². The van der Waals surface area contributed by atoms with Crippen LogP contribution in [-0.2, 0) is 0 Å². The summed E-state index contributed by atoms with van der Waals surface area (Å²) in [5.41, 5.74) is 4.38. The van der Waals surface area contributed by atoms with Crippen molar-refractivity contribution in [3.63, 3.8) is 0 Å². The minimum absolute atomic E-state index is 0.517. The third kappa shape index (κ3) is 1.84. The number of rotatable bonds is 4. The third-order valence-corrected chi connectivity index (χ3v) is 6.45. The normalized spacial score (nSPS) is 49.3. The van der Waals surface area contributed by atoms with Crippen molar-refractivity contribution in [3.8, 4) is 0 Å². The standard InChI is InChI=1S/C16H30N2/c1-4-11(2)14(18-17)16-8-12-5-13(9-16)7-15(3,6-12)10-16/h11-14,18H,4-10,17H2,1-3H3. The zero-order chi connectivity index (χ0) is 13.0. The van der Waals surface area contributed by atoms with E-state index in [9.17, 15) is 0 Å². The van der Waals surface area contributed by atoms with Crippen LogP contribution in [0.5, 0.6) is 0 Å². The Balaban J connectivity index is 1.90. The lowest BCUT2D eigenvalue weighted by atomic mass is 9.42. The van der Waals surface area contributed by atoms with Crippen LogP contribution in [0.1, 0.15) is 65.7 Å². The number of hydrogen-bond acceptors (Lipinski definition) is 2. The molecule has 0 aromatic carbocycles. The largest absolute Gasteiger partial charge is 0.271 e. The second kappa shape index (κ2) is 4.21. The maximum Gasteiger partial charge on any atom is 0.0292 e. The predicted octanol–water partition coefficient (Wildman–Crippen LogP) is 3.47. The summed E-state index contributed by atoms with van der Waals surface area (Å²) in [5, 5.41) is 0. The van der Waals surface area contributed by atoms with Gasteiger partial charge in [0.1, 0.15) is 0 Å². The molecule has 104 valence electrons. The average Bonchev–Trinajstić information content (AvgIpc) is 2.25. The molecule has 4 bridgehead atoms. The molecule has 0 aliphatic heterocycles. The van der Waals surface area contributed by atoms with Crippen molar-refractivity contribution in [1.29, 1.82) is 0 Å². The summed E-state index contributed by atoms with van der Waals surface area (Å²) in [5.74, 6) is 8.66. The molecule has 0 aromatic heterocycles. The van der Waals surface area contributed by atoms with E-state index in [1.807, 2.05) is 0 Å². The molecular weight excluding hydrogens is 220 g/mol. The molecule has 4 saturated carbocycles. The van der Waals surface area contributed by atoms with Gasteiger partial charge in [-0.15, -0.1) is 0 Å². The average molecular weight is 250 g/mol. The van der Waals surface area contributed by atoms with Crippen molar-refractivity contribution < 1.29 is 0 Å². The Morgan fingerprint density at radius 3 is 2.28 bits per heavy atom. The van der Waals surface area contributed by atoms with Crippen LogP contribution in [0.4, 0.5) is 0 Å². The molecule has 2 heteroatoms. The maximum atomic E-state index is 5.96. The molecule has 4 rings (SSSR count). The van der Waals surface area contributed by atoms with Crippen LogP contribution in [0, 0.1) is 28.6 Å². The first-order valence-electron chi connectivity index (χ1n) is 7.96. The Labute approximate surface area is 112 Å². The highest BCUT2D eigenvalue weighted by Crippen LogP contribution is 2.66. The van der Waals surface area contributed by atoms with Gasteiger partial charge in [0.2, 0.25) is 0 Å². The summed E-state index contributed by atoms with van der Waals surface area (Å²) >= 11 is 0. The van der Waals surface area contributed by atoms with Crippen LogP contribution >= 0.6 is 0 Å². The summed E-state index contributed by atoms with van der Waals surface area (Å²) in [7, 11) is 0. The van der Waals surface area contributed by atoms with Gasteiger partial charge in [0.25, 0.3) is 0 Å². The smallest absolute Gasteiger partial charge is 0.0292 e. The lowest BCUT2D eigenvalue weighted by molar-refractivity contribution is -0.125. The zero-order valence-corrected chi connectivity index (χ0v) is 12.3. The van der Waals surface area contributed by atoms with Crippen molar-refractivity contribution in [2.45, 2.75) is 71.8 Å². The molecule has 0 aromatic rings. The first kappa shape index (κ1) is 12.9. The molecule has 3 N–H and O–H groups in total. The Hall–Kier alpha value is -0.0800. The summed E-state index contributed by atoms with van der Waals surface area (Å²) < 4.78 is 0. The molecule has 2 nitrogen and oxygen atoms in total. The Morgan fingerprint density at radius 2 is 1.83 bits per heavy atom. The highest BCUT2D eigenvalue weighted by Gasteiger charge is 2.58. The van der Waals surface area contributed by atoms with Crippen LogP contribution in [0.25, 0.3) is 0 Å². The fourth-order valence-corrected chi connectivity index (χ4v) is 6.34. The van der Waals surface area contributed by atoms with Gasteiger partial charge in [-0.1, -0.05) is 27.2 Å². The van der Waals surface area contributed by atoms with E-state index < -0.39 is 0 Å². The van der Waals surface area contributed by atoms with Gasteiger partial charge in [-0.25, -0.2) is 0 Å². The maximum absolute atomic E-state index is 5.96. The number of hydrogen-bond donors (Lipinski definition) is 2. The van der Waals surface area contributed by atoms with Gasteiger partial charge in [-0.05, 0) is 67.1 Å². The highest BCUT2D eigenvalue weighted by atomic mass is 15.2. The molecule has 18 heavy (non-hydrogen) atoms. The van der Waals surface area contributed by atoms with E-state index in [2.05, 4.69) is 26.2 Å². The predicted molar refractivity (Wildman–Crippen MR) is 75.8 cm³/mol. The van der Waals surface area contributed by atoms with Gasteiger partial charge in [-0.2, -0.15) is 0 Å². The van der Waals surface area contributed by atoms with Crippen molar-refractivity contribution in [1.82, 2.24) is 5.43 Å². The fourth-order valence-electron chi connectivity index (χ4n) is 6.34. The molecule has 4 aliphatic carbocycles. The SMILES string of the molecule is CCC(C)C(NN)C12CC3CC(CC(C)(C3)C1)C2.